The molecule has 0 bridgehead atoms. The molecule has 1 unspecified atom stereocenters. The summed E-state index contributed by atoms with van der Waals surface area (Å²) in [5.41, 5.74) is 3.59. The fraction of sp³-hybridized carbons (Fsp3) is 0.400. The zero-order chi connectivity index (χ0) is 27.1. The number of ether oxygens (including phenoxy) is 1. The van der Waals surface area contributed by atoms with Gasteiger partial charge >= 0.3 is 6.09 Å². The molecule has 1 spiro atoms. The van der Waals surface area contributed by atoms with E-state index in [1.165, 1.54) is 22.1 Å². The number of carboxylic acid groups (broad SMARTS) is 1. The van der Waals surface area contributed by atoms with Gasteiger partial charge in [0.2, 0.25) is 0 Å². The van der Waals surface area contributed by atoms with Gasteiger partial charge < -0.3 is 9.84 Å². The monoisotopic (exact) mass is 521 g/mol. The fourth-order valence-electron chi connectivity index (χ4n) is 5.76. The van der Waals surface area contributed by atoms with Crippen molar-refractivity contribution in [3.05, 3.63) is 100 Å². The zero-order valence-electron chi connectivity index (χ0n) is 22.0. The van der Waals surface area contributed by atoms with Gasteiger partial charge in [-0.15, -0.1) is 0 Å². The Balaban J connectivity index is 1.34. The summed E-state index contributed by atoms with van der Waals surface area (Å²) >= 11 is 0. The van der Waals surface area contributed by atoms with Gasteiger partial charge in [0.15, 0.2) is 11.6 Å². The summed E-state index contributed by atoms with van der Waals surface area (Å²) in [7, 11) is 0. The number of fused-ring (bicyclic) bond motifs is 2. The highest BCUT2D eigenvalue weighted by Crippen LogP contribution is 2.44. The zero-order valence-corrected chi connectivity index (χ0v) is 22.0. The van der Waals surface area contributed by atoms with Crippen LogP contribution in [0.2, 0.25) is 0 Å². The van der Waals surface area contributed by atoms with Gasteiger partial charge in [-0.3, -0.25) is 14.8 Å². The van der Waals surface area contributed by atoms with Crippen molar-refractivity contribution in [2.75, 3.05) is 13.1 Å². The maximum atomic E-state index is 14.2. The van der Waals surface area contributed by atoms with Crippen LogP contribution in [0.25, 0.3) is 0 Å². The highest BCUT2D eigenvalue weighted by molar-refractivity contribution is 5.68. The summed E-state index contributed by atoms with van der Waals surface area (Å²) in [6.07, 6.45) is 4.43. The minimum atomic E-state index is -1.13. The number of hydrogen-bond donors (Lipinski definition) is 1. The van der Waals surface area contributed by atoms with E-state index in [0.717, 1.165) is 50.2 Å². The highest BCUT2D eigenvalue weighted by Gasteiger charge is 2.42. The van der Waals surface area contributed by atoms with Crippen LogP contribution in [0.1, 0.15) is 67.5 Å². The second-order valence-electron chi connectivity index (χ2n) is 11.2. The lowest BCUT2D eigenvalue weighted by Crippen LogP contribution is -2.47. The van der Waals surface area contributed by atoms with Crippen molar-refractivity contribution < 1.29 is 23.4 Å². The minimum Gasteiger partial charge on any atom is -0.465 e. The maximum Gasteiger partial charge on any atom is 0.408 e. The normalized spacial score (nSPS) is 17.8. The Morgan fingerprint density at radius 3 is 2.39 bits per heavy atom. The Morgan fingerprint density at radius 1 is 1.08 bits per heavy atom. The number of rotatable bonds is 5. The molecule has 1 saturated heterocycles. The third kappa shape index (κ3) is 5.02. The van der Waals surface area contributed by atoms with E-state index in [1.54, 1.807) is 20.8 Å². The number of halogens is 2. The molecule has 0 aliphatic carbocycles. The van der Waals surface area contributed by atoms with Crippen LogP contribution in [0.3, 0.4) is 0 Å². The molecule has 1 aromatic heterocycles. The highest BCUT2D eigenvalue weighted by atomic mass is 19.2. The van der Waals surface area contributed by atoms with Gasteiger partial charge in [0, 0.05) is 43.1 Å². The van der Waals surface area contributed by atoms with Gasteiger partial charge in [-0.05, 0) is 74.1 Å². The van der Waals surface area contributed by atoms with Gasteiger partial charge in [-0.25, -0.2) is 13.6 Å². The van der Waals surface area contributed by atoms with E-state index in [0.29, 0.717) is 17.7 Å². The Bertz CT molecular complexity index is 1320. The van der Waals surface area contributed by atoms with Crippen molar-refractivity contribution in [3.63, 3.8) is 0 Å². The molecule has 1 amide bonds. The Labute approximate surface area is 221 Å². The molecule has 2 aliphatic rings. The second kappa shape index (κ2) is 10.1. The number of benzene rings is 2. The van der Waals surface area contributed by atoms with Crippen molar-refractivity contribution >= 4 is 6.09 Å². The first-order chi connectivity index (χ1) is 18.1. The lowest BCUT2D eigenvalue weighted by Gasteiger charge is -2.40. The van der Waals surface area contributed by atoms with Crippen LogP contribution in [-0.4, -0.2) is 44.6 Å². The predicted octanol–water partition coefficient (Wildman–Crippen LogP) is 6.25. The van der Waals surface area contributed by atoms with E-state index in [-0.39, 0.29) is 5.60 Å². The van der Waals surface area contributed by atoms with Crippen LogP contribution in [0, 0.1) is 11.6 Å². The maximum absolute atomic E-state index is 14.2. The average Bonchev–Trinajstić information content (AvgIpc) is 3.23. The Morgan fingerprint density at radius 2 is 1.76 bits per heavy atom. The molecule has 200 valence electrons. The van der Waals surface area contributed by atoms with Crippen LogP contribution >= 0.6 is 0 Å². The van der Waals surface area contributed by atoms with E-state index in [4.69, 9.17) is 4.74 Å². The molecule has 1 atom stereocenters. The second-order valence-corrected chi connectivity index (χ2v) is 11.2. The first-order valence-corrected chi connectivity index (χ1v) is 12.9. The van der Waals surface area contributed by atoms with E-state index in [1.807, 2.05) is 42.7 Å². The molecule has 5 rings (SSSR count). The van der Waals surface area contributed by atoms with Gasteiger partial charge in [0.1, 0.15) is 0 Å². The molecule has 6 nitrogen and oxygen atoms in total. The van der Waals surface area contributed by atoms with Crippen LogP contribution in [-0.2, 0) is 23.5 Å². The lowest BCUT2D eigenvalue weighted by atomic mass is 9.84. The number of hydrogen-bond acceptors (Lipinski definition) is 4. The summed E-state index contributed by atoms with van der Waals surface area (Å²) in [4.78, 5) is 20.3. The van der Waals surface area contributed by atoms with Crippen LogP contribution in [0.15, 0.2) is 60.9 Å². The molecule has 2 aromatic carbocycles. The third-order valence-corrected chi connectivity index (χ3v) is 7.72. The summed E-state index contributed by atoms with van der Waals surface area (Å²) in [6, 6.07) is 12.6. The summed E-state index contributed by atoms with van der Waals surface area (Å²) < 4.78 is 34.1. The number of pyridine rings is 1. The van der Waals surface area contributed by atoms with Crippen LogP contribution < -0.4 is 0 Å². The first-order valence-electron chi connectivity index (χ1n) is 12.9. The van der Waals surface area contributed by atoms with Gasteiger partial charge in [0.25, 0.3) is 0 Å². The summed E-state index contributed by atoms with van der Waals surface area (Å²) in [5.74, 6) is -1.97. The van der Waals surface area contributed by atoms with Gasteiger partial charge in [0.05, 0.1) is 18.2 Å². The van der Waals surface area contributed by atoms with Crippen LogP contribution in [0.5, 0.6) is 0 Å². The number of piperidine rings is 1. The standard InChI is InChI=1S/C30H33F2N3O3/c1-29(2,3)35(28(36)37)27(22-8-9-25(31)26(32)16-22)21-6-4-20(5-7-21)18-34-14-11-30(12-15-34)24-17-33-13-10-23(24)19-38-30/h4-10,13,16-17,27H,11-12,14-15,18-19H2,1-3H3,(H,36,37). The first kappa shape index (κ1) is 26.3. The lowest BCUT2D eigenvalue weighted by molar-refractivity contribution is -0.0800. The molecule has 3 heterocycles. The van der Waals surface area contributed by atoms with Crippen molar-refractivity contribution in [2.45, 2.75) is 63.9 Å². The van der Waals surface area contributed by atoms with E-state index in [9.17, 15) is 18.7 Å². The molecular weight excluding hydrogens is 488 g/mol. The molecule has 3 aromatic rings. The number of carbonyl (C=O) groups is 1. The summed E-state index contributed by atoms with van der Waals surface area (Å²) in [6.45, 7) is 8.54. The van der Waals surface area contributed by atoms with Crippen molar-refractivity contribution in [2.24, 2.45) is 0 Å². The Hall–Kier alpha value is -3.36. The fourth-order valence-corrected chi connectivity index (χ4v) is 5.76. The van der Waals surface area contributed by atoms with Crippen LogP contribution in [0.4, 0.5) is 13.6 Å². The minimum absolute atomic E-state index is 0.241. The molecule has 1 N–H and O–H groups in total. The number of likely N-dealkylation sites (tertiary alicyclic amines) is 1. The molecule has 0 radical (unpaired) electrons. The average molecular weight is 522 g/mol. The summed E-state index contributed by atoms with van der Waals surface area (Å²) in [5, 5.41) is 10.1. The topological polar surface area (TPSA) is 65.9 Å². The number of nitrogens with zero attached hydrogens (tertiary/aromatic N) is 3. The molecule has 8 heteroatoms. The predicted molar refractivity (Wildman–Crippen MR) is 139 cm³/mol. The molecule has 38 heavy (non-hydrogen) atoms. The van der Waals surface area contributed by atoms with E-state index >= 15 is 0 Å². The SMILES string of the molecule is CC(C)(C)N(C(=O)O)C(c1ccc(CN2CCC3(CC2)OCc2ccncc23)cc1)c1ccc(F)c(F)c1. The van der Waals surface area contributed by atoms with Crippen molar-refractivity contribution in [1.29, 1.82) is 0 Å². The smallest absolute Gasteiger partial charge is 0.408 e. The van der Waals surface area contributed by atoms with E-state index in [2.05, 4.69) is 9.88 Å². The molecule has 2 aliphatic heterocycles. The van der Waals surface area contributed by atoms with Crippen molar-refractivity contribution in [3.8, 4) is 0 Å². The quantitative estimate of drug-likeness (QED) is 0.430. The number of amides is 1. The number of aromatic nitrogens is 1. The van der Waals surface area contributed by atoms with Gasteiger partial charge in [-0.1, -0.05) is 30.3 Å². The van der Waals surface area contributed by atoms with Crippen molar-refractivity contribution in [1.82, 2.24) is 14.8 Å². The van der Waals surface area contributed by atoms with Gasteiger partial charge in [-0.2, -0.15) is 0 Å². The Kier molecular flexibility index (Phi) is 6.96. The van der Waals surface area contributed by atoms with E-state index < -0.39 is 29.3 Å². The largest absolute Gasteiger partial charge is 0.465 e. The molecule has 1 fully saturated rings. The third-order valence-electron chi connectivity index (χ3n) is 7.72. The molecular formula is C30H33F2N3O3. The molecule has 0 saturated carbocycles.